The van der Waals surface area contributed by atoms with Gasteiger partial charge in [0.25, 0.3) is 0 Å². The SMILES string of the molecule is CNCc1nc(-c2ccccc2F)sc1-c1ccccc1. The number of hydrogen-bond acceptors (Lipinski definition) is 3. The summed E-state index contributed by atoms with van der Waals surface area (Å²) in [6.45, 7) is 0.662. The Kier molecular flexibility index (Phi) is 4.08. The highest BCUT2D eigenvalue weighted by molar-refractivity contribution is 7.18. The number of benzene rings is 2. The standard InChI is InChI=1S/C17H15FN2S/c1-19-11-15-16(12-7-3-2-4-8-12)21-17(20-15)13-9-5-6-10-14(13)18/h2-10,19H,11H2,1H3. The predicted octanol–water partition coefficient (Wildman–Crippen LogP) is 4.34. The second-order valence-electron chi connectivity index (χ2n) is 4.67. The molecule has 106 valence electrons. The Labute approximate surface area is 127 Å². The van der Waals surface area contributed by atoms with Crippen molar-refractivity contribution < 1.29 is 4.39 Å². The van der Waals surface area contributed by atoms with Gasteiger partial charge in [-0.25, -0.2) is 9.37 Å². The molecule has 21 heavy (non-hydrogen) atoms. The van der Waals surface area contributed by atoms with Crippen LogP contribution in [0.4, 0.5) is 4.39 Å². The summed E-state index contributed by atoms with van der Waals surface area (Å²) in [4.78, 5) is 5.71. The van der Waals surface area contributed by atoms with Crippen molar-refractivity contribution in [2.75, 3.05) is 7.05 Å². The van der Waals surface area contributed by atoms with Gasteiger partial charge < -0.3 is 5.32 Å². The van der Waals surface area contributed by atoms with E-state index in [1.165, 1.54) is 17.4 Å². The molecule has 0 aliphatic carbocycles. The van der Waals surface area contributed by atoms with Gasteiger partial charge in [-0.05, 0) is 24.7 Å². The van der Waals surface area contributed by atoms with Crippen LogP contribution < -0.4 is 5.32 Å². The minimum absolute atomic E-state index is 0.234. The first-order valence-corrected chi connectivity index (χ1v) is 7.56. The molecule has 0 fully saturated rings. The number of aromatic nitrogens is 1. The third-order valence-electron chi connectivity index (χ3n) is 3.18. The quantitative estimate of drug-likeness (QED) is 0.775. The maximum Gasteiger partial charge on any atom is 0.133 e. The van der Waals surface area contributed by atoms with Crippen molar-refractivity contribution in [2.45, 2.75) is 6.54 Å². The average Bonchev–Trinajstić information content (AvgIpc) is 2.93. The zero-order valence-corrected chi connectivity index (χ0v) is 12.5. The second-order valence-corrected chi connectivity index (χ2v) is 5.67. The van der Waals surface area contributed by atoms with Crippen LogP contribution in [0.1, 0.15) is 5.69 Å². The molecular formula is C17H15FN2S. The summed E-state index contributed by atoms with van der Waals surface area (Å²) in [7, 11) is 1.89. The van der Waals surface area contributed by atoms with Crippen molar-refractivity contribution in [1.29, 1.82) is 0 Å². The summed E-state index contributed by atoms with van der Waals surface area (Å²) >= 11 is 1.53. The molecule has 0 aliphatic rings. The van der Waals surface area contributed by atoms with Crippen molar-refractivity contribution >= 4 is 11.3 Å². The highest BCUT2D eigenvalue weighted by Gasteiger charge is 2.15. The fourth-order valence-corrected chi connectivity index (χ4v) is 3.32. The van der Waals surface area contributed by atoms with E-state index in [-0.39, 0.29) is 5.82 Å². The topological polar surface area (TPSA) is 24.9 Å². The first kappa shape index (κ1) is 13.9. The molecule has 0 atom stereocenters. The summed E-state index contributed by atoms with van der Waals surface area (Å²) in [5.41, 5.74) is 2.62. The van der Waals surface area contributed by atoms with Gasteiger partial charge >= 0.3 is 0 Å². The third kappa shape index (κ3) is 2.86. The Bertz CT molecular complexity index is 738. The van der Waals surface area contributed by atoms with Crippen molar-refractivity contribution in [3.63, 3.8) is 0 Å². The summed E-state index contributed by atoms with van der Waals surface area (Å²) in [6.07, 6.45) is 0. The molecule has 0 bridgehead atoms. The highest BCUT2D eigenvalue weighted by Crippen LogP contribution is 2.36. The Morgan fingerprint density at radius 2 is 1.76 bits per heavy atom. The minimum Gasteiger partial charge on any atom is -0.314 e. The van der Waals surface area contributed by atoms with Crippen molar-refractivity contribution in [1.82, 2.24) is 10.3 Å². The molecule has 1 N–H and O–H groups in total. The number of nitrogens with zero attached hydrogens (tertiary/aromatic N) is 1. The number of nitrogens with one attached hydrogen (secondary N) is 1. The predicted molar refractivity (Wildman–Crippen MR) is 85.7 cm³/mol. The lowest BCUT2D eigenvalue weighted by molar-refractivity contribution is 0.631. The zero-order valence-electron chi connectivity index (χ0n) is 11.6. The summed E-state index contributed by atoms with van der Waals surface area (Å²) < 4.78 is 14.0. The van der Waals surface area contributed by atoms with Gasteiger partial charge in [0.15, 0.2) is 0 Å². The zero-order chi connectivity index (χ0) is 14.7. The average molecular weight is 298 g/mol. The van der Waals surface area contributed by atoms with Gasteiger partial charge in [-0.1, -0.05) is 42.5 Å². The Hall–Kier alpha value is -2.04. The smallest absolute Gasteiger partial charge is 0.133 e. The van der Waals surface area contributed by atoms with E-state index in [1.807, 2.05) is 31.3 Å². The van der Waals surface area contributed by atoms with Gasteiger partial charge in [-0.3, -0.25) is 0 Å². The molecule has 0 unspecified atom stereocenters. The van der Waals surface area contributed by atoms with Crippen LogP contribution in [-0.2, 0) is 6.54 Å². The van der Waals surface area contributed by atoms with Crippen LogP contribution in [-0.4, -0.2) is 12.0 Å². The van der Waals surface area contributed by atoms with Crippen molar-refractivity contribution in [2.24, 2.45) is 0 Å². The first-order chi connectivity index (χ1) is 10.3. The molecule has 0 spiro atoms. The van der Waals surface area contributed by atoms with E-state index in [1.54, 1.807) is 12.1 Å². The lowest BCUT2D eigenvalue weighted by Crippen LogP contribution is -2.06. The third-order valence-corrected chi connectivity index (χ3v) is 4.36. The molecule has 2 nitrogen and oxygen atoms in total. The number of halogens is 1. The second kappa shape index (κ2) is 6.16. The van der Waals surface area contributed by atoms with Gasteiger partial charge in [0.05, 0.1) is 10.6 Å². The molecular weight excluding hydrogens is 283 g/mol. The maximum atomic E-state index is 14.0. The molecule has 0 saturated carbocycles. The number of rotatable bonds is 4. The fraction of sp³-hybridized carbons (Fsp3) is 0.118. The normalized spacial score (nSPS) is 10.8. The Morgan fingerprint density at radius 3 is 2.48 bits per heavy atom. The first-order valence-electron chi connectivity index (χ1n) is 6.74. The number of hydrogen-bond donors (Lipinski definition) is 1. The van der Waals surface area contributed by atoms with Gasteiger partial charge in [-0.2, -0.15) is 0 Å². The fourth-order valence-electron chi connectivity index (χ4n) is 2.20. The van der Waals surface area contributed by atoms with Gasteiger partial charge in [0.1, 0.15) is 10.8 Å². The molecule has 0 saturated heterocycles. The van der Waals surface area contributed by atoms with E-state index in [0.717, 1.165) is 21.1 Å². The van der Waals surface area contributed by atoms with Crippen LogP contribution in [0.15, 0.2) is 54.6 Å². The molecule has 0 aliphatic heterocycles. The van der Waals surface area contributed by atoms with E-state index < -0.39 is 0 Å². The van der Waals surface area contributed by atoms with Gasteiger partial charge in [0, 0.05) is 12.1 Å². The van der Waals surface area contributed by atoms with Crippen LogP contribution in [0.25, 0.3) is 21.0 Å². The Morgan fingerprint density at radius 1 is 1.05 bits per heavy atom. The van der Waals surface area contributed by atoms with Crippen LogP contribution in [0.2, 0.25) is 0 Å². The molecule has 1 aromatic heterocycles. The largest absolute Gasteiger partial charge is 0.314 e. The van der Waals surface area contributed by atoms with E-state index in [4.69, 9.17) is 0 Å². The molecule has 3 rings (SSSR count). The van der Waals surface area contributed by atoms with Crippen LogP contribution >= 0.6 is 11.3 Å². The molecule has 2 aromatic carbocycles. The minimum atomic E-state index is -0.234. The Balaban J connectivity index is 2.11. The summed E-state index contributed by atoms with van der Waals surface area (Å²) in [6, 6.07) is 16.9. The molecule has 0 radical (unpaired) electrons. The summed E-state index contributed by atoms with van der Waals surface area (Å²) in [5.74, 6) is -0.234. The van der Waals surface area contributed by atoms with E-state index in [9.17, 15) is 4.39 Å². The number of thiazole rings is 1. The van der Waals surface area contributed by atoms with Crippen LogP contribution in [0.3, 0.4) is 0 Å². The van der Waals surface area contributed by atoms with E-state index >= 15 is 0 Å². The molecule has 0 amide bonds. The van der Waals surface area contributed by atoms with E-state index in [2.05, 4.69) is 22.4 Å². The molecule has 1 heterocycles. The van der Waals surface area contributed by atoms with Gasteiger partial charge in [0.2, 0.25) is 0 Å². The molecule has 4 heteroatoms. The summed E-state index contributed by atoms with van der Waals surface area (Å²) in [5, 5.41) is 3.84. The van der Waals surface area contributed by atoms with Gasteiger partial charge in [-0.15, -0.1) is 11.3 Å². The van der Waals surface area contributed by atoms with Crippen molar-refractivity contribution in [3.8, 4) is 21.0 Å². The van der Waals surface area contributed by atoms with Crippen LogP contribution in [0.5, 0.6) is 0 Å². The lowest BCUT2D eigenvalue weighted by Gasteiger charge is -2.00. The monoisotopic (exact) mass is 298 g/mol. The van der Waals surface area contributed by atoms with E-state index in [0.29, 0.717) is 12.1 Å². The molecule has 3 aromatic rings. The lowest BCUT2D eigenvalue weighted by atomic mass is 10.1. The van der Waals surface area contributed by atoms with Crippen LogP contribution in [0, 0.1) is 5.82 Å². The highest BCUT2D eigenvalue weighted by atomic mass is 32.1. The van der Waals surface area contributed by atoms with Crippen molar-refractivity contribution in [3.05, 3.63) is 66.1 Å². The maximum absolute atomic E-state index is 14.0.